The molecule has 0 spiro atoms. The van der Waals surface area contributed by atoms with E-state index in [1.165, 1.54) is 6.07 Å². The number of rotatable bonds is 7. The molecule has 1 aromatic heterocycles. The summed E-state index contributed by atoms with van der Waals surface area (Å²) < 4.78 is 10.6. The summed E-state index contributed by atoms with van der Waals surface area (Å²) in [6, 6.07) is 6.56. The van der Waals surface area contributed by atoms with Crippen LogP contribution >= 0.6 is 0 Å². The molecule has 1 aromatic carbocycles. The average Bonchev–Trinajstić information content (AvgIpc) is 3.00. The normalized spacial score (nSPS) is 10.3. The minimum absolute atomic E-state index is 0.0509. The van der Waals surface area contributed by atoms with Crippen LogP contribution in [0.2, 0.25) is 0 Å². The van der Waals surface area contributed by atoms with Gasteiger partial charge in [0.1, 0.15) is 12.0 Å². The molecule has 0 bridgehead atoms. The highest BCUT2D eigenvalue weighted by Gasteiger charge is 2.15. The van der Waals surface area contributed by atoms with E-state index < -0.39 is 11.9 Å². The third-order valence-corrected chi connectivity index (χ3v) is 3.28. The van der Waals surface area contributed by atoms with E-state index in [4.69, 9.17) is 14.3 Å². The maximum absolute atomic E-state index is 12.1. The number of carboxylic acids is 1. The molecule has 0 atom stereocenters. The molecule has 0 saturated carbocycles. The van der Waals surface area contributed by atoms with E-state index in [2.05, 4.69) is 12.2 Å². The number of furan rings is 1. The van der Waals surface area contributed by atoms with E-state index >= 15 is 0 Å². The fourth-order valence-corrected chi connectivity index (χ4v) is 1.95. The van der Waals surface area contributed by atoms with Crippen LogP contribution in [-0.4, -0.2) is 23.6 Å². The Morgan fingerprint density at radius 2 is 2.09 bits per heavy atom. The van der Waals surface area contributed by atoms with Crippen molar-refractivity contribution in [2.45, 2.75) is 26.7 Å². The van der Waals surface area contributed by atoms with Crippen LogP contribution in [0.25, 0.3) is 0 Å². The van der Waals surface area contributed by atoms with Gasteiger partial charge in [0, 0.05) is 11.8 Å². The Bertz CT molecular complexity index is 705. The number of hydrogen-bond donors (Lipinski definition) is 2. The summed E-state index contributed by atoms with van der Waals surface area (Å²) in [5.74, 6) is -0.942. The van der Waals surface area contributed by atoms with Crippen molar-refractivity contribution in [3.05, 3.63) is 47.4 Å². The van der Waals surface area contributed by atoms with Crippen LogP contribution in [0.5, 0.6) is 5.75 Å². The zero-order chi connectivity index (χ0) is 16.8. The second-order valence-corrected chi connectivity index (χ2v) is 5.14. The first kappa shape index (κ1) is 16.6. The highest BCUT2D eigenvalue weighted by atomic mass is 16.5. The Morgan fingerprint density at radius 3 is 2.70 bits per heavy atom. The van der Waals surface area contributed by atoms with E-state index in [0.29, 0.717) is 12.3 Å². The topological polar surface area (TPSA) is 88.8 Å². The van der Waals surface area contributed by atoms with Gasteiger partial charge in [0.05, 0.1) is 12.2 Å². The summed E-state index contributed by atoms with van der Waals surface area (Å²) in [5, 5.41) is 11.5. The first-order chi connectivity index (χ1) is 11.0. The van der Waals surface area contributed by atoms with E-state index in [-0.39, 0.29) is 11.3 Å². The molecule has 122 valence electrons. The lowest BCUT2D eigenvalue weighted by Crippen LogP contribution is -2.12. The van der Waals surface area contributed by atoms with Crippen molar-refractivity contribution in [1.82, 2.24) is 0 Å². The standard InChI is InChI=1S/C17H19NO5/c1-3-4-7-22-13-5-6-14(11(2)8-13)18-16(19)15-9-12(10-23-15)17(20)21/h5-6,8-10H,3-4,7H2,1-2H3,(H,18,19)(H,20,21). The highest BCUT2D eigenvalue weighted by Crippen LogP contribution is 2.22. The fourth-order valence-electron chi connectivity index (χ4n) is 1.95. The van der Waals surface area contributed by atoms with Crippen molar-refractivity contribution >= 4 is 17.6 Å². The van der Waals surface area contributed by atoms with Crippen LogP contribution in [0.4, 0.5) is 5.69 Å². The number of ether oxygens (including phenoxy) is 1. The monoisotopic (exact) mass is 317 g/mol. The molecule has 0 fully saturated rings. The molecule has 0 radical (unpaired) electrons. The Balaban J connectivity index is 2.04. The molecule has 23 heavy (non-hydrogen) atoms. The number of carbonyl (C=O) groups excluding carboxylic acids is 1. The molecular formula is C17H19NO5. The van der Waals surface area contributed by atoms with Gasteiger partial charge in [0.15, 0.2) is 5.76 Å². The second kappa shape index (κ2) is 7.49. The first-order valence-electron chi connectivity index (χ1n) is 7.38. The summed E-state index contributed by atoms with van der Waals surface area (Å²) in [5.41, 5.74) is 1.40. The van der Waals surface area contributed by atoms with E-state index in [0.717, 1.165) is 30.4 Å². The van der Waals surface area contributed by atoms with Gasteiger partial charge in [-0.25, -0.2) is 4.79 Å². The van der Waals surface area contributed by atoms with E-state index in [9.17, 15) is 9.59 Å². The SMILES string of the molecule is CCCCOc1ccc(NC(=O)c2cc(C(=O)O)co2)c(C)c1. The van der Waals surface area contributed by atoms with Gasteiger partial charge < -0.3 is 19.6 Å². The van der Waals surface area contributed by atoms with Crippen molar-refractivity contribution in [3.63, 3.8) is 0 Å². The number of unbranched alkanes of at least 4 members (excludes halogenated alkanes) is 1. The molecule has 0 unspecified atom stereocenters. The smallest absolute Gasteiger partial charge is 0.338 e. The predicted octanol–water partition coefficient (Wildman–Crippen LogP) is 3.72. The third kappa shape index (κ3) is 4.35. The number of anilines is 1. The van der Waals surface area contributed by atoms with Gasteiger partial charge in [-0.3, -0.25) is 4.79 Å². The van der Waals surface area contributed by atoms with Crippen molar-refractivity contribution in [1.29, 1.82) is 0 Å². The maximum Gasteiger partial charge on any atom is 0.338 e. The Labute approximate surface area is 134 Å². The number of amides is 1. The summed E-state index contributed by atoms with van der Waals surface area (Å²) >= 11 is 0. The van der Waals surface area contributed by atoms with Crippen molar-refractivity contribution in [3.8, 4) is 5.75 Å². The average molecular weight is 317 g/mol. The van der Waals surface area contributed by atoms with Crippen LogP contribution < -0.4 is 10.1 Å². The molecule has 0 aliphatic rings. The molecule has 6 nitrogen and oxygen atoms in total. The number of aromatic carboxylic acids is 1. The Kier molecular flexibility index (Phi) is 5.41. The van der Waals surface area contributed by atoms with Gasteiger partial charge in [-0.2, -0.15) is 0 Å². The fraction of sp³-hybridized carbons (Fsp3) is 0.294. The van der Waals surface area contributed by atoms with Crippen molar-refractivity contribution in [2.75, 3.05) is 11.9 Å². The predicted molar refractivity (Wildman–Crippen MR) is 85.2 cm³/mol. The van der Waals surface area contributed by atoms with Crippen LogP contribution in [0.15, 0.2) is 34.9 Å². The Hall–Kier alpha value is -2.76. The molecule has 2 rings (SSSR count). The zero-order valence-electron chi connectivity index (χ0n) is 13.1. The lowest BCUT2D eigenvalue weighted by molar-refractivity contribution is 0.0696. The number of hydrogen-bond acceptors (Lipinski definition) is 4. The largest absolute Gasteiger partial charge is 0.494 e. The van der Waals surface area contributed by atoms with Crippen LogP contribution in [0, 0.1) is 6.92 Å². The summed E-state index contributed by atoms with van der Waals surface area (Å²) in [6.07, 6.45) is 3.09. The molecule has 0 saturated heterocycles. The molecule has 0 aliphatic carbocycles. The minimum Gasteiger partial charge on any atom is -0.494 e. The van der Waals surface area contributed by atoms with E-state index in [1.54, 1.807) is 12.1 Å². The Morgan fingerprint density at radius 1 is 1.30 bits per heavy atom. The van der Waals surface area contributed by atoms with Crippen LogP contribution in [-0.2, 0) is 0 Å². The molecule has 2 N–H and O–H groups in total. The second-order valence-electron chi connectivity index (χ2n) is 5.14. The molecule has 0 aliphatic heterocycles. The van der Waals surface area contributed by atoms with Gasteiger partial charge in [-0.15, -0.1) is 0 Å². The summed E-state index contributed by atoms with van der Waals surface area (Å²) in [6.45, 7) is 4.61. The van der Waals surface area contributed by atoms with Gasteiger partial charge in [0.25, 0.3) is 5.91 Å². The number of benzene rings is 1. The molecule has 1 heterocycles. The minimum atomic E-state index is -1.14. The lowest BCUT2D eigenvalue weighted by atomic mass is 10.2. The third-order valence-electron chi connectivity index (χ3n) is 3.28. The quantitative estimate of drug-likeness (QED) is 0.760. The van der Waals surface area contributed by atoms with E-state index in [1.807, 2.05) is 13.0 Å². The molecule has 2 aromatic rings. The van der Waals surface area contributed by atoms with Crippen LogP contribution in [0.3, 0.4) is 0 Å². The van der Waals surface area contributed by atoms with Crippen LogP contribution in [0.1, 0.15) is 46.2 Å². The van der Waals surface area contributed by atoms with Gasteiger partial charge in [-0.05, 0) is 37.1 Å². The number of nitrogens with one attached hydrogen (secondary N) is 1. The first-order valence-corrected chi connectivity index (χ1v) is 7.38. The number of aryl methyl sites for hydroxylation is 1. The maximum atomic E-state index is 12.1. The van der Waals surface area contributed by atoms with Gasteiger partial charge in [0.2, 0.25) is 0 Å². The zero-order valence-corrected chi connectivity index (χ0v) is 13.1. The number of carbonyl (C=O) groups is 2. The number of carboxylic acid groups (broad SMARTS) is 1. The molecular weight excluding hydrogens is 298 g/mol. The van der Waals surface area contributed by atoms with Gasteiger partial charge in [-0.1, -0.05) is 13.3 Å². The molecule has 6 heteroatoms. The lowest BCUT2D eigenvalue weighted by Gasteiger charge is -2.10. The van der Waals surface area contributed by atoms with Gasteiger partial charge >= 0.3 is 5.97 Å². The summed E-state index contributed by atoms with van der Waals surface area (Å²) in [7, 11) is 0. The van der Waals surface area contributed by atoms with Crippen molar-refractivity contribution < 1.29 is 23.8 Å². The molecule has 1 amide bonds. The summed E-state index contributed by atoms with van der Waals surface area (Å²) in [4.78, 5) is 22.9. The van der Waals surface area contributed by atoms with Crippen molar-refractivity contribution in [2.24, 2.45) is 0 Å². The highest BCUT2D eigenvalue weighted by molar-refractivity contribution is 6.04.